The molecule has 1 aromatic heterocycles. The van der Waals surface area contributed by atoms with Crippen molar-refractivity contribution in [3.63, 3.8) is 0 Å². The molecule has 7 heteroatoms. The first-order valence-corrected chi connectivity index (χ1v) is 7.48. The number of hydrogen-bond donors (Lipinski definition) is 3. The zero-order valence-electron chi connectivity index (χ0n) is 13.4. The van der Waals surface area contributed by atoms with E-state index >= 15 is 0 Å². The van der Waals surface area contributed by atoms with Gasteiger partial charge in [-0.15, -0.1) is 0 Å². The second kappa shape index (κ2) is 7.31. The van der Waals surface area contributed by atoms with Gasteiger partial charge in [-0.25, -0.2) is 5.43 Å². The SMILES string of the molecule is COc1ccc(-c2cc(C(=O)NN=Cc3ccc(O)cc3)[nH]n2)cc1. The zero-order chi connectivity index (χ0) is 17.6. The van der Waals surface area contributed by atoms with Crippen molar-refractivity contribution in [1.82, 2.24) is 15.6 Å². The maximum atomic E-state index is 12.1. The summed E-state index contributed by atoms with van der Waals surface area (Å²) in [5, 5.41) is 19.9. The van der Waals surface area contributed by atoms with Crippen LogP contribution in [-0.4, -0.2) is 34.5 Å². The Kier molecular flexibility index (Phi) is 4.75. The molecule has 3 rings (SSSR count). The highest BCUT2D eigenvalue weighted by molar-refractivity contribution is 5.94. The van der Waals surface area contributed by atoms with Gasteiger partial charge >= 0.3 is 0 Å². The van der Waals surface area contributed by atoms with E-state index < -0.39 is 5.91 Å². The van der Waals surface area contributed by atoms with E-state index in [1.807, 2.05) is 24.3 Å². The van der Waals surface area contributed by atoms with E-state index in [4.69, 9.17) is 4.74 Å². The number of phenolic OH excluding ortho intramolecular Hbond substituents is 1. The monoisotopic (exact) mass is 336 g/mol. The lowest BCUT2D eigenvalue weighted by Crippen LogP contribution is -2.17. The summed E-state index contributed by atoms with van der Waals surface area (Å²) in [6.45, 7) is 0. The number of aromatic nitrogens is 2. The lowest BCUT2D eigenvalue weighted by atomic mass is 10.1. The summed E-state index contributed by atoms with van der Waals surface area (Å²) in [6.07, 6.45) is 1.48. The van der Waals surface area contributed by atoms with Crippen molar-refractivity contribution < 1.29 is 14.6 Å². The number of benzene rings is 2. The van der Waals surface area contributed by atoms with Crippen molar-refractivity contribution in [3.05, 3.63) is 65.9 Å². The Hall–Kier alpha value is -3.61. The average Bonchev–Trinajstić information content (AvgIpc) is 3.13. The van der Waals surface area contributed by atoms with Gasteiger partial charge in [-0.2, -0.15) is 10.2 Å². The molecule has 0 aliphatic carbocycles. The second-order valence-electron chi connectivity index (χ2n) is 5.19. The molecule has 0 saturated heterocycles. The standard InChI is InChI=1S/C18H16N4O3/c1-25-15-8-4-13(5-9-15)16-10-17(21-20-16)18(24)22-19-11-12-2-6-14(23)7-3-12/h2-11,23H,1H3,(H,20,21)(H,22,24). The van der Waals surface area contributed by atoms with E-state index in [0.717, 1.165) is 16.9 Å². The smallest absolute Gasteiger partial charge is 0.289 e. The number of aromatic amines is 1. The van der Waals surface area contributed by atoms with Gasteiger partial charge in [0, 0.05) is 5.56 Å². The van der Waals surface area contributed by atoms with Gasteiger partial charge in [0.1, 0.15) is 17.2 Å². The number of carbonyl (C=O) groups excluding carboxylic acids is 1. The minimum Gasteiger partial charge on any atom is -0.508 e. The fourth-order valence-electron chi connectivity index (χ4n) is 2.13. The van der Waals surface area contributed by atoms with Crippen LogP contribution in [0.1, 0.15) is 16.1 Å². The molecule has 0 atom stereocenters. The van der Waals surface area contributed by atoms with Gasteiger partial charge in [-0.05, 0) is 60.2 Å². The van der Waals surface area contributed by atoms with Crippen LogP contribution in [0.3, 0.4) is 0 Å². The Bertz CT molecular complexity index is 883. The lowest BCUT2D eigenvalue weighted by molar-refractivity contribution is 0.0950. The Labute approximate surface area is 144 Å². The molecule has 25 heavy (non-hydrogen) atoms. The van der Waals surface area contributed by atoms with Gasteiger partial charge in [-0.3, -0.25) is 9.89 Å². The highest BCUT2D eigenvalue weighted by Gasteiger charge is 2.10. The molecule has 0 unspecified atom stereocenters. The molecule has 0 radical (unpaired) electrons. The van der Waals surface area contributed by atoms with Crippen LogP contribution in [0.25, 0.3) is 11.3 Å². The molecule has 0 bridgehead atoms. The number of methoxy groups -OCH3 is 1. The quantitative estimate of drug-likeness (QED) is 0.492. The maximum Gasteiger partial charge on any atom is 0.289 e. The summed E-state index contributed by atoms with van der Waals surface area (Å²) in [5.41, 5.74) is 4.99. The average molecular weight is 336 g/mol. The molecule has 0 aliphatic heterocycles. The Morgan fingerprint density at radius 3 is 2.60 bits per heavy atom. The van der Waals surface area contributed by atoms with Crippen molar-refractivity contribution in [2.45, 2.75) is 0 Å². The molecular weight excluding hydrogens is 320 g/mol. The van der Waals surface area contributed by atoms with Crippen LogP contribution in [-0.2, 0) is 0 Å². The van der Waals surface area contributed by atoms with E-state index in [9.17, 15) is 9.90 Å². The third-order valence-electron chi connectivity index (χ3n) is 3.48. The van der Waals surface area contributed by atoms with Crippen LogP contribution in [0.2, 0.25) is 0 Å². The van der Waals surface area contributed by atoms with Crippen molar-refractivity contribution in [1.29, 1.82) is 0 Å². The van der Waals surface area contributed by atoms with E-state index in [2.05, 4.69) is 20.7 Å². The van der Waals surface area contributed by atoms with Crippen LogP contribution < -0.4 is 10.2 Å². The first kappa shape index (κ1) is 16.3. The molecule has 0 saturated carbocycles. The Balaban J connectivity index is 1.64. The number of carbonyl (C=O) groups is 1. The number of nitrogens with zero attached hydrogens (tertiary/aromatic N) is 2. The van der Waals surface area contributed by atoms with Crippen LogP contribution in [0.4, 0.5) is 0 Å². The van der Waals surface area contributed by atoms with Crippen LogP contribution in [0, 0.1) is 0 Å². The summed E-state index contributed by atoms with van der Waals surface area (Å²) >= 11 is 0. The van der Waals surface area contributed by atoms with Crippen molar-refractivity contribution >= 4 is 12.1 Å². The van der Waals surface area contributed by atoms with Crippen LogP contribution in [0.5, 0.6) is 11.5 Å². The summed E-state index contributed by atoms with van der Waals surface area (Å²) in [6, 6.07) is 15.5. The van der Waals surface area contributed by atoms with E-state index in [1.165, 1.54) is 6.21 Å². The number of amides is 1. The predicted molar refractivity (Wildman–Crippen MR) is 93.7 cm³/mol. The zero-order valence-corrected chi connectivity index (χ0v) is 13.4. The normalized spacial score (nSPS) is 10.8. The number of hydrazone groups is 1. The number of phenols is 1. The number of H-pyrrole nitrogens is 1. The highest BCUT2D eigenvalue weighted by atomic mass is 16.5. The van der Waals surface area contributed by atoms with E-state index in [-0.39, 0.29) is 5.75 Å². The first-order chi connectivity index (χ1) is 12.2. The predicted octanol–water partition coefficient (Wildman–Crippen LogP) is 2.55. The number of aromatic hydroxyl groups is 1. The van der Waals surface area contributed by atoms with Crippen molar-refractivity contribution in [2.75, 3.05) is 7.11 Å². The molecule has 2 aromatic carbocycles. The number of nitrogens with one attached hydrogen (secondary N) is 2. The van der Waals surface area contributed by atoms with Crippen molar-refractivity contribution in [2.24, 2.45) is 5.10 Å². The van der Waals surface area contributed by atoms with E-state index in [0.29, 0.717) is 11.4 Å². The summed E-state index contributed by atoms with van der Waals surface area (Å²) in [7, 11) is 1.60. The number of hydrogen-bond acceptors (Lipinski definition) is 5. The van der Waals surface area contributed by atoms with Gasteiger partial charge < -0.3 is 9.84 Å². The number of ether oxygens (including phenoxy) is 1. The first-order valence-electron chi connectivity index (χ1n) is 7.48. The number of rotatable bonds is 5. The van der Waals surface area contributed by atoms with Gasteiger partial charge in [0.15, 0.2) is 0 Å². The molecule has 0 aliphatic rings. The molecule has 1 heterocycles. The fourth-order valence-corrected chi connectivity index (χ4v) is 2.13. The van der Waals surface area contributed by atoms with Crippen LogP contribution in [0.15, 0.2) is 59.7 Å². The second-order valence-corrected chi connectivity index (χ2v) is 5.19. The molecule has 0 fully saturated rings. The molecule has 0 spiro atoms. The minimum absolute atomic E-state index is 0.171. The maximum absolute atomic E-state index is 12.1. The molecule has 1 amide bonds. The van der Waals surface area contributed by atoms with Gasteiger partial charge in [0.05, 0.1) is 19.0 Å². The third-order valence-corrected chi connectivity index (χ3v) is 3.48. The third kappa shape index (κ3) is 4.03. The van der Waals surface area contributed by atoms with Gasteiger partial charge in [0.25, 0.3) is 5.91 Å². The topological polar surface area (TPSA) is 99.6 Å². The Morgan fingerprint density at radius 2 is 1.92 bits per heavy atom. The highest BCUT2D eigenvalue weighted by Crippen LogP contribution is 2.21. The molecular formula is C18H16N4O3. The molecule has 3 N–H and O–H groups in total. The van der Waals surface area contributed by atoms with Crippen LogP contribution >= 0.6 is 0 Å². The lowest BCUT2D eigenvalue weighted by Gasteiger charge is -2.00. The van der Waals surface area contributed by atoms with Gasteiger partial charge in [0.2, 0.25) is 0 Å². The minimum atomic E-state index is -0.401. The summed E-state index contributed by atoms with van der Waals surface area (Å²) in [5.74, 6) is 0.521. The summed E-state index contributed by atoms with van der Waals surface area (Å²) in [4.78, 5) is 12.1. The molecule has 7 nitrogen and oxygen atoms in total. The van der Waals surface area contributed by atoms with E-state index in [1.54, 1.807) is 37.4 Å². The molecule has 3 aromatic rings. The fraction of sp³-hybridized carbons (Fsp3) is 0.0556. The van der Waals surface area contributed by atoms with Crippen molar-refractivity contribution in [3.8, 4) is 22.8 Å². The van der Waals surface area contributed by atoms with Gasteiger partial charge in [-0.1, -0.05) is 0 Å². The largest absolute Gasteiger partial charge is 0.508 e. The molecule has 126 valence electrons. The summed E-state index contributed by atoms with van der Waals surface area (Å²) < 4.78 is 5.11. The Morgan fingerprint density at radius 1 is 1.20 bits per heavy atom.